The van der Waals surface area contributed by atoms with E-state index in [9.17, 15) is 19.2 Å². The SMILES string of the molecule is CNC(=O)[C@H](CCCc1ccccc1)NC(=O)C1CN(C(=O)Cc2c[nH]c3cc(OCC4CC4)ccc23)CC2CN(C(=O)c3ccc(OC(C)C)c(OC)c3)CC21. The molecule has 12 nitrogen and oxygen atoms in total. The Balaban J connectivity index is 1.09. The van der Waals surface area contributed by atoms with Crippen LogP contribution in [0, 0.1) is 23.7 Å². The van der Waals surface area contributed by atoms with E-state index in [1.807, 2.05) is 56.4 Å². The Hall–Kier alpha value is -5.52. The number of fused-ring (bicyclic) bond motifs is 2. The lowest BCUT2D eigenvalue weighted by molar-refractivity contribution is -0.140. The average Bonchev–Trinajstić information content (AvgIpc) is 3.82. The minimum Gasteiger partial charge on any atom is -0.493 e. The van der Waals surface area contributed by atoms with Gasteiger partial charge in [0.15, 0.2) is 11.5 Å². The van der Waals surface area contributed by atoms with Crippen LogP contribution >= 0.6 is 0 Å². The molecule has 3 N–H and O–H groups in total. The van der Waals surface area contributed by atoms with Crippen molar-refractivity contribution in [3.8, 4) is 17.2 Å². The van der Waals surface area contributed by atoms with E-state index in [0.29, 0.717) is 55.5 Å². The average molecular weight is 778 g/mol. The number of carbonyl (C=O) groups is 4. The van der Waals surface area contributed by atoms with Gasteiger partial charge in [0.2, 0.25) is 17.7 Å². The highest BCUT2D eigenvalue weighted by Gasteiger charge is 2.48. The Morgan fingerprint density at radius 3 is 2.44 bits per heavy atom. The van der Waals surface area contributed by atoms with Gasteiger partial charge in [-0.15, -0.1) is 0 Å². The number of aromatic nitrogens is 1. The highest BCUT2D eigenvalue weighted by atomic mass is 16.5. The molecule has 12 heteroatoms. The van der Waals surface area contributed by atoms with Gasteiger partial charge in [-0.3, -0.25) is 19.2 Å². The van der Waals surface area contributed by atoms with Crippen LogP contribution in [-0.4, -0.2) is 97.5 Å². The molecule has 4 amide bonds. The fourth-order valence-electron chi connectivity index (χ4n) is 8.31. The molecular formula is C45H55N5O7. The molecular weight excluding hydrogens is 723 g/mol. The molecule has 3 aliphatic rings. The van der Waals surface area contributed by atoms with Crippen LogP contribution in [0.2, 0.25) is 0 Å². The molecule has 2 saturated heterocycles. The Morgan fingerprint density at radius 2 is 1.70 bits per heavy atom. The van der Waals surface area contributed by atoms with Gasteiger partial charge in [-0.05, 0) is 105 Å². The van der Waals surface area contributed by atoms with Crippen LogP contribution in [0.4, 0.5) is 0 Å². The van der Waals surface area contributed by atoms with Crippen molar-refractivity contribution < 1.29 is 33.4 Å². The van der Waals surface area contributed by atoms with E-state index < -0.39 is 12.0 Å². The number of H-pyrrole nitrogens is 1. The first-order valence-electron chi connectivity index (χ1n) is 20.3. The quantitative estimate of drug-likeness (QED) is 0.139. The molecule has 1 aromatic heterocycles. The van der Waals surface area contributed by atoms with Crippen LogP contribution < -0.4 is 24.8 Å². The summed E-state index contributed by atoms with van der Waals surface area (Å²) in [4.78, 5) is 62.6. The van der Waals surface area contributed by atoms with E-state index in [2.05, 4.69) is 27.8 Å². The summed E-state index contributed by atoms with van der Waals surface area (Å²) in [6, 6.07) is 20.4. The van der Waals surface area contributed by atoms with Crippen molar-refractivity contribution >= 4 is 34.5 Å². The van der Waals surface area contributed by atoms with Crippen LogP contribution in [-0.2, 0) is 27.2 Å². The highest BCUT2D eigenvalue weighted by molar-refractivity contribution is 5.95. The molecule has 0 spiro atoms. The van der Waals surface area contributed by atoms with E-state index in [1.54, 1.807) is 42.2 Å². The summed E-state index contributed by atoms with van der Waals surface area (Å²) in [5.74, 6) is 0.666. The van der Waals surface area contributed by atoms with E-state index in [4.69, 9.17) is 14.2 Å². The largest absolute Gasteiger partial charge is 0.493 e. The summed E-state index contributed by atoms with van der Waals surface area (Å²) < 4.78 is 17.4. The molecule has 1 aliphatic carbocycles. The first-order chi connectivity index (χ1) is 27.6. The number of aryl methyl sites for hydroxylation is 1. The van der Waals surface area contributed by atoms with Crippen molar-refractivity contribution in [3.05, 3.63) is 89.6 Å². The summed E-state index contributed by atoms with van der Waals surface area (Å²) in [5.41, 5.74) is 3.39. The third kappa shape index (κ3) is 9.55. The van der Waals surface area contributed by atoms with Crippen molar-refractivity contribution in [1.29, 1.82) is 0 Å². The maximum Gasteiger partial charge on any atom is 0.254 e. The van der Waals surface area contributed by atoms with Crippen LogP contribution in [0.15, 0.2) is 72.9 Å². The van der Waals surface area contributed by atoms with Crippen LogP contribution in [0.5, 0.6) is 17.2 Å². The molecule has 3 heterocycles. The molecule has 0 bridgehead atoms. The second-order valence-corrected chi connectivity index (χ2v) is 16.1. The number of carbonyl (C=O) groups excluding carboxylic acids is 4. The number of hydrogen-bond donors (Lipinski definition) is 3. The predicted molar refractivity (Wildman–Crippen MR) is 217 cm³/mol. The van der Waals surface area contributed by atoms with Crippen molar-refractivity contribution in [2.45, 2.75) is 64.5 Å². The Morgan fingerprint density at radius 1 is 0.912 bits per heavy atom. The Bertz CT molecular complexity index is 2060. The third-order valence-corrected chi connectivity index (χ3v) is 11.6. The van der Waals surface area contributed by atoms with Crippen LogP contribution in [0.1, 0.15) is 61.0 Å². The first-order valence-corrected chi connectivity index (χ1v) is 20.3. The maximum atomic E-state index is 14.4. The number of likely N-dealkylation sites (N-methyl/N-ethyl adjacent to an activating group) is 1. The number of likely N-dealkylation sites (tertiary alicyclic amines) is 2. The number of hydrogen-bond acceptors (Lipinski definition) is 7. The van der Waals surface area contributed by atoms with Crippen molar-refractivity contribution in [2.24, 2.45) is 23.7 Å². The van der Waals surface area contributed by atoms with Gasteiger partial charge in [0.05, 0.1) is 32.2 Å². The number of ether oxygens (including phenoxy) is 3. The number of benzene rings is 3. The van der Waals surface area contributed by atoms with E-state index in [0.717, 1.165) is 40.8 Å². The highest BCUT2D eigenvalue weighted by Crippen LogP contribution is 2.38. The molecule has 4 atom stereocenters. The molecule has 57 heavy (non-hydrogen) atoms. The monoisotopic (exact) mass is 777 g/mol. The summed E-state index contributed by atoms with van der Waals surface area (Å²) in [6.07, 6.45) is 6.32. The Labute approximate surface area is 334 Å². The zero-order valence-corrected chi connectivity index (χ0v) is 33.4. The van der Waals surface area contributed by atoms with E-state index in [-0.39, 0.29) is 54.5 Å². The lowest BCUT2D eigenvalue weighted by atomic mass is 9.79. The molecule has 3 aromatic carbocycles. The standard InChI is InChI=1S/C45H55N5O7/c1-28(2)57-40-18-15-31(19-41(40)55-4)45(54)50-24-33-23-49(42(51)20-32-22-47-39-21-34(16-17-35(32)39)56-27-30-13-14-30)26-37(36(33)25-50)43(52)48-38(44(53)46-3)12-8-11-29-9-6-5-7-10-29/h5-7,9-10,15-19,21-22,28,30,33,36-38,47H,8,11-14,20,23-27H2,1-4H3,(H,46,53)(H,48,52)/t33?,36?,37?,38-/m0/s1. The topological polar surface area (TPSA) is 142 Å². The number of nitrogens with zero attached hydrogens (tertiary/aromatic N) is 2. The van der Waals surface area contributed by atoms with Crippen molar-refractivity contribution in [1.82, 2.24) is 25.4 Å². The second-order valence-electron chi connectivity index (χ2n) is 16.1. The summed E-state index contributed by atoms with van der Waals surface area (Å²) in [7, 11) is 3.11. The van der Waals surface area contributed by atoms with Gasteiger partial charge in [0, 0.05) is 62.0 Å². The van der Waals surface area contributed by atoms with Gasteiger partial charge < -0.3 is 39.6 Å². The third-order valence-electron chi connectivity index (χ3n) is 11.6. The number of rotatable bonds is 16. The smallest absolute Gasteiger partial charge is 0.254 e. The van der Waals surface area contributed by atoms with Gasteiger partial charge in [-0.25, -0.2) is 0 Å². The van der Waals surface area contributed by atoms with Gasteiger partial charge >= 0.3 is 0 Å². The molecule has 2 aliphatic heterocycles. The van der Waals surface area contributed by atoms with Crippen molar-refractivity contribution in [2.75, 3.05) is 46.9 Å². The van der Waals surface area contributed by atoms with Gasteiger partial charge in [-0.2, -0.15) is 0 Å². The molecule has 4 aromatic rings. The molecule has 0 radical (unpaired) electrons. The number of piperidine rings is 1. The molecule has 3 unspecified atom stereocenters. The lowest BCUT2D eigenvalue weighted by Crippen LogP contribution is -2.56. The molecule has 3 fully saturated rings. The molecule has 1 saturated carbocycles. The Kier molecular flexibility index (Phi) is 12.4. The lowest BCUT2D eigenvalue weighted by Gasteiger charge is -2.40. The number of nitrogens with one attached hydrogen (secondary N) is 3. The minimum absolute atomic E-state index is 0.0669. The zero-order chi connectivity index (χ0) is 40.1. The van der Waals surface area contributed by atoms with Crippen molar-refractivity contribution in [3.63, 3.8) is 0 Å². The predicted octanol–water partition coefficient (Wildman–Crippen LogP) is 5.40. The van der Waals surface area contributed by atoms with Gasteiger partial charge in [-0.1, -0.05) is 30.3 Å². The van der Waals surface area contributed by atoms with E-state index in [1.165, 1.54) is 12.8 Å². The summed E-state index contributed by atoms with van der Waals surface area (Å²) in [5, 5.41) is 6.73. The summed E-state index contributed by atoms with van der Waals surface area (Å²) in [6.45, 7) is 5.91. The summed E-state index contributed by atoms with van der Waals surface area (Å²) >= 11 is 0. The normalized spacial score (nSPS) is 19.6. The first kappa shape index (κ1) is 39.7. The minimum atomic E-state index is -0.738. The van der Waals surface area contributed by atoms with Gasteiger partial charge in [0.25, 0.3) is 5.91 Å². The molecule has 302 valence electrons. The number of methoxy groups -OCH3 is 1. The second kappa shape index (κ2) is 17.7. The molecule has 7 rings (SSSR count). The number of amides is 4. The van der Waals surface area contributed by atoms with Gasteiger partial charge in [0.1, 0.15) is 11.8 Å². The van der Waals surface area contributed by atoms with Crippen LogP contribution in [0.3, 0.4) is 0 Å². The van der Waals surface area contributed by atoms with Crippen LogP contribution in [0.25, 0.3) is 10.9 Å². The fraction of sp³-hybridized carbons (Fsp3) is 0.467. The van der Waals surface area contributed by atoms with E-state index >= 15 is 0 Å². The zero-order valence-electron chi connectivity index (χ0n) is 33.4. The fourth-order valence-corrected chi connectivity index (χ4v) is 8.31. The maximum absolute atomic E-state index is 14.4. The number of aromatic amines is 1.